The van der Waals surface area contributed by atoms with Crippen molar-refractivity contribution in [2.45, 2.75) is 33.4 Å². The van der Waals surface area contributed by atoms with Gasteiger partial charge in [0.15, 0.2) is 0 Å². The lowest BCUT2D eigenvalue weighted by Gasteiger charge is -2.26. The van der Waals surface area contributed by atoms with Gasteiger partial charge >= 0.3 is 0 Å². The van der Waals surface area contributed by atoms with Gasteiger partial charge in [0.25, 0.3) is 0 Å². The molecule has 0 saturated carbocycles. The van der Waals surface area contributed by atoms with Crippen molar-refractivity contribution in [3.63, 3.8) is 0 Å². The third kappa shape index (κ3) is 4.28. The molecule has 1 aromatic rings. The zero-order chi connectivity index (χ0) is 11.1. The number of aromatic nitrogens is 1. The molecule has 15 heavy (non-hydrogen) atoms. The summed E-state index contributed by atoms with van der Waals surface area (Å²) in [5.74, 6) is 0. The summed E-state index contributed by atoms with van der Waals surface area (Å²) in [6.07, 6.45) is 0. The summed E-state index contributed by atoms with van der Waals surface area (Å²) in [6.45, 7) is 10.8. The van der Waals surface area contributed by atoms with Crippen molar-refractivity contribution in [3.05, 3.63) is 16.6 Å². The van der Waals surface area contributed by atoms with Crippen LogP contribution in [0.4, 0.5) is 0 Å². The monoisotopic (exact) mass is 227 g/mol. The van der Waals surface area contributed by atoms with Crippen LogP contribution in [0.25, 0.3) is 0 Å². The lowest BCUT2D eigenvalue weighted by molar-refractivity contribution is 0.225. The van der Waals surface area contributed by atoms with Crippen LogP contribution in [0.1, 0.15) is 26.5 Å². The van der Waals surface area contributed by atoms with Crippen molar-refractivity contribution < 1.29 is 0 Å². The van der Waals surface area contributed by atoms with Gasteiger partial charge in [0, 0.05) is 24.5 Å². The highest BCUT2D eigenvalue weighted by atomic mass is 32.1. The van der Waals surface area contributed by atoms with Gasteiger partial charge in [-0.05, 0) is 20.0 Å². The van der Waals surface area contributed by atoms with Crippen molar-refractivity contribution in [1.82, 2.24) is 15.2 Å². The maximum Gasteiger partial charge on any atom is 0.0795 e. The Morgan fingerprint density at radius 1 is 1.47 bits per heavy atom. The quantitative estimate of drug-likeness (QED) is 0.772. The standard InChI is InChI=1S/C11H21N3S/c1-4-14(5-2)10(3)6-12-7-11-8-15-9-13-11/h8-10,12H,4-7H2,1-3H3. The van der Waals surface area contributed by atoms with Crippen LogP contribution < -0.4 is 5.32 Å². The van der Waals surface area contributed by atoms with E-state index in [4.69, 9.17) is 0 Å². The Morgan fingerprint density at radius 2 is 2.20 bits per heavy atom. The van der Waals surface area contributed by atoms with Gasteiger partial charge in [0.2, 0.25) is 0 Å². The first kappa shape index (κ1) is 12.6. The molecule has 0 bridgehead atoms. The SMILES string of the molecule is CCN(CC)C(C)CNCc1cscn1. The van der Waals surface area contributed by atoms with Gasteiger partial charge in [-0.25, -0.2) is 4.98 Å². The average Bonchev–Trinajstić information content (AvgIpc) is 2.72. The number of hydrogen-bond acceptors (Lipinski definition) is 4. The molecule has 0 spiro atoms. The van der Waals surface area contributed by atoms with Crippen LogP contribution in [0.3, 0.4) is 0 Å². The summed E-state index contributed by atoms with van der Waals surface area (Å²) >= 11 is 1.65. The van der Waals surface area contributed by atoms with Crippen LogP contribution in [0.5, 0.6) is 0 Å². The summed E-state index contributed by atoms with van der Waals surface area (Å²) < 4.78 is 0. The van der Waals surface area contributed by atoms with Crippen molar-refractivity contribution in [3.8, 4) is 0 Å². The van der Waals surface area contributed by atoms with E-state index in [2.05, 4.69) is 41.4 Å². The van der Waals surface area contributed by atoms with Gasteiger partial charge in [0.05, 0.1) is 11.2 Å². The molecule has 0 aliphatic heterocycles. The van der Waals surface area contributed by atoms with E-state index in [9.17, 15) is 0 Å². The number of nitrogens with zero attached hydrogens (tertiary/aromatic N) is 2. The second-order valence-electron chi connectivity index (χ2n) is 3.68. The number of hydrogen-bond donors (Lipinski definition) is 1. The molecule has 1 heterocycles. The normalized spacial score (nSPS) is 13.3. The smallest absolute Gasteiger partial charge is 0.0795 e. The van der Waals surface area contributed by atoms with E-state index in [1.165, 1.54) is 0 Å². The third-order valence-corrected chi connectivity index (χ3v) is 3.30. The van der Waals surface area contributed by atoms with Crippen molar-refractivity contribution in [2.24, 2.45) is 0 Å². The highest BCUT2D eigenvalue weighted by Gasteiger charge is 2.08. The lowest BCUT2D eigenvalue weighted by Crippen LogP contribution is -2.40. The van der Waals surface area contributed by atoms with Crippen molar-refractivity contribution >= 4 is 11.3 Å². The van der Waals surface area contributed by atoms with E-state index in [1.807, 2.05) is 5.51 Å². The van der Waals surface area contributed by atoms with E-state index in [0.717, 1.165) is 31.9 Å². The first-order valence-electron chi connectivity index (χ1n) is 5.59. The van der Waals surface area contributed by atoms with Gasteiger partial charge < -0.3 is 5.32 Å². The summed E-state index contributed by atoms with van der Waals surface area (Å²) in [7, 11) is 0. The maximum atomic E-state index is 4.24. The predicted molar refractivity (Wildman–Crippen MR) is 66.2 cm³/mol. The summed E-state index contributed by atoms with van der Waals surface area (Å²) in [5.41, 5.74) is 3.02. The second-order valence-corrected chi connectivity index (χ2v) is 4.40. The average molecular weight is 227 g/mol. The fourth-order valence-corrected chi connectivity index (χ4v) is 2.27. The Bertz CT molecular complexity index is 244. The van der Waals surface area contributed by atoms with E-state index < -0.39 is 0 Å². The van der Waals surface area contributed by atoms with Crippen molar-refractivity contribution in [1.29, 1.82) is 0 Å². The highest BCUT2D eigenvalue weighted by molar-refractivity contribution is 7.07. The molecule has 0 saturated heterocycles. The molecule has 0 amide bonds. The summed E-state index contributed by atoms with van der Waals surface area (Å²) in [6, 6.07) is 0.596. The first-order chi connectivity index (χ1) is 7.27. The van der Waals surface area contributed by atoms with Gasteiger partial charge in [-0.2, -0.15) is 0 Å². The minimum atomic E-state index is 0.596. The molecule has 0 aliphatic carbocycles. The zero-order valence-corrected chi connectivity index (χ0v) is 10.7. The number of rotatable bonds is 7. The molecule has 86 valence electrons. The minimum absolute atomic E-state index is 0.596. The Kier molecular flexibility index (Phi) is 5.83. The van der Waals surface area contributed by atoms with Crippen LogP contribution in [0, 0.1) is 0 Å². The molecule has 1 atom stereocenters. The molecular weight excluding hydrogens is 206 g/mol. The molecule has 4 heteroatoms. The van der Waals surface area contributed by atoms with Crippen molar-refractivity contribution in [2.75, 3.05) is 19.6 Å². The fourth-order valence-electron chi connectivity index (χ4n) is 1.71. The largest absolute Gasteiger partial charge is 0.310 e. The van der Waals surface area contributed by atoms with Gasteiger partial charge in [0.1, 0.15) is 0 Å². The van der Waals surface area contributed by atoms with Gasteiger partial charge in [-0.3, -0.25) is 4.90 Å². The molecule has 0 aliphatic rings. The van der Waals surface area contributed by atoms with E-state index >= 15 is 0 Å². The predicted octanol–water partition coefficient (Wildman–Crippen LogP) is 1.96. The van der Waals surface area contributed by atoms with Crippen LogP contribution in [0.15, 0.2) is 10.9 Å². The second kappa shape index (κ2) is 6.93. The Hall–Kier alpha value is -0.450. The zero-order valence-electron chi connectivity index (χ0n) is 9.86. The lowest BCUT2D eigenvalue weighted by atomic mass is 10.2. The molecule has 0 radical (unpaired) electrons. The highest BCUT2D eigenvalue weighted by Crippen LogP contribution is 2.01. The summed E-state index contributed by atoms with van der Waals surface area (Å²) in [4.78, 5) is 6.69. The van der Waals surface area contributed by atoms with E-state index in [-0.39, 0.29) is 0 Å². The molecule has 1 aromatic heterocycles. The molecule has 1 unspecified atom stereocenters. The molecule has 1 rings (SSSR count). The molecule has 0 fully saturated rings. The Balaban J connectivity index is 2.19. The van der Waals surface area contributed by atoms with Gasteiger partial charge in [-0.15, -0.1) is 11.3 Å². The van der Waals surface area contributed by atoms with Crippen LogP contribution >= 0.6 is 11.3 Å². The molecule has 1 N–H and O–H groups in total. The van der Waals surface area contributed by atoms with Crippen LogP contribution in [-0.4, -0.2) is 35.6 Å². The third-order valence-electron chi connectivity index (χ3n) is 2.67. The van der Waals surface area contributed by atoms with E-state index in [0.29, 0.717) is 6.04 Å². The number of likely N-dealkylation sites (N-methyl/N-ethyl adjacent to an activating group) is 1. The Morgan fingerprint density at radius 3 is 2.73 bits per heavy atom. The number of thiazole rings is 1. The Labute approximate surface area is 96.5 Å². The van der Waals surface area contributed by atoms with E-state index in [1.54, 1.807) is 11.3 Å². The fraction of sp³-hybridized carbons (Fsp3) is 0.727. The minimum Gasteiger partial charge on any atom is -0.310 e. The first-order valence-corrected chi connectivity index (χ1v) is 6.54. The molecule has 3 nitrogen and oxygen atoms in total. The van der Waals surface area contributed by atoms with Crippen LogP contribution in [-0.2, 0) is 6.54 Å². The van der Waals surface area contributed by atoms with Gasteiger partial charge in [-0.1, -0.05) is 13.8 Å². The molecule has 0 aromatic carbocycles. The summed E-state index contributed by atoms with van der Waals surface area (Å²) in [5, 5.41) is 5.53. The topological polar surface area (TPSA) is 28.2 Å². The van der Waals surface area contributed by atoms with Crippen LogP contribution in [0.2, 0.25) is 0 Å². The molecular formula is C11H21N3S. The number of nitrogens with one attached hydrogen (secondary N) is 1. The maximum absolute atomic E-state index is 4.24.